The molecule has 0 radical (unpaired) electrons. The molecular formula is C38H44Cl2F2N4O6. The number of amides is 2. The number of halogens is 4. The number of rotatable bonds is 9. The van der Waals surface area contributed by atoms with Gasteiger partial charge in [-0.25, -0.2) is 18.4 Å². The van der Waals surface area contributed by atoms with Gasteiger partial charge in [0.25, 0.3) is 0 Å². The van der Waals surface area contributed by atoms with Crippen molar-refractivity contribution in [1.29, 1.82) is 0 Å². The number of hydrogen-bond donors (Lipinski definition) is 2. The molecule has 3 aromatic carbocycles. The highest BCUT2D eigenvalue weighted by molar-refractivity contribution is 6.31. The molecule has 52 heavy (non-hydrogen) atoms. The molecule has 3 aromatic rings. The number of likely N-dealkylation sites (N-methyl/N-ethyl adjacent to an activating group) is 1. The lowest BCUT2D eigenvalue weighted by atomic mass is 9.74. The van der Waals surface area contributed by atoms with Crippen molar-refractivity contribution in [3.8, 4) is 5.75 Å². The number of piperazine rings is 1. The maximum Gasteiger partial charge on any atom is 0.412 e. The van der Waals surface area contributed by atoms with E-state index in [1.807, 2.05) is 27.8 Å². The minimum Gasteiger partial charge on any atom is -0.495 e. The van der Waals surface area contributed by atoms with Crippen molar-refractivity contribution in [2.24, 2.45) is 5.41 Å². The summed E-state index contributed by atoms with van der Waals surface area (Å²) >= 11 is 12.4. The molecular weight excluding hydrogens is 717 g/mol. The van der Waals surface area contributed by atoms with E-state index in [1.165, 1.54) is 44.4 Å². The second kappa shape index (κ2) is 16.4. The highest BCUT2D eigenvalue weighted by atomic mass is 35.5. The Bertz CT molecular complexity index is 1800. The zero-order chi connectivity index (χ0) is 37.9. The summed E-state index contributed by atoms with van der Waals surface area (Å²) in [7, 11) is 3.34. The van der Waals surface area contributed by atoms with Gasteiger partial charge in [-0.05, 0) is 66.4 Å². The molecule has 2 aliphatic heterocycles. The Hall–Kier alpha value is -3.97. The zero-order valence-electron chi connectivity index (χ0n) is 30.0. The number of carbonyl (C=O) groups is 3. The standard InChI is InChI=1S/C38H44Cl2F2N4O6/c1-21(52-37(49)46-16-14-45(5)15-17-46)51-36(48)22-10-13-28(30(18-22)50-6)44-35(47)34-32(25-8-7-9-26(40)33(25)42)31(29(43-34)20-38(2,3)4)24-12-11-23(39)19-27(24)41/h7-13,18-19,21,29,31-32,34,43H,14-17,20H2,1-6H3,(H,44,47). The van der Waals surface area contributed by atoms with Crippen LogP contribution < -0.4 is 15.4 Å². The molecule has 5 atom stereocenters. The van der Waals surface area contributed by atoms with E-state index in [0.717, 1.165) is 0 Å². The van der Waals surface area contributed by atoms with Crippen LogP contribution >= 0.6 is 23.2 Å². The first-order chi connectivity index (χ1) is 24.6. The fourth-order valence-corrected chi connectivity index (χ4v) is 7.23. The molecule has 0 bridgehead atoms. The van der Waals surface area contributed by atoms with Gasteiger partial charge in [-0.1, -0.05) is 62.2 Å². The summed E-state index contributed by atoms with van der Waals surface area (Å²) in [4.78, 5) is 43.5. The van der Waals surface area contributed by atoms with Crippen LogP contribution in [0.1, 0.15) is 67.4 Å². The average molecular weight is 762 g/mol. The number of esters is 1. The Morgan fingerprint density at radius 1 is 0.962 bits per heavy atom. The molecule has 2 heterocycles. The van der Waals surface area contributed by atoms with Crippen LogP contribution in [0.2, 0.25) is 10.0 Å². The molecule has 2 N–H and O–H groups in total. The third kappa shape index (κ3) is 9.14. The summed E-state index contributed by atoms with van der Waals surface area (Å²) in [6.45, 7) is 9.95. The maximum absolute atomic E-state index is 15.8. The van der Waals surface area contributed by atoms with Crippen molar-refractivity contribution in [2.75, 3.05) is 45.7 Å². The van der Waals surface area contributed by atoms with Crippen LogP contribution in [0.15, 0.2) is 54.6 Å². The Morgan fingerprint density at radius 3 is 2.33 bits per heavy atom. The highest BCUT2D eigenvalue weighted by Gasteiger charge is 2.50. The van der Waals surface area contributed by atoms with Gasteiger partial charge in [0.15, 0.2) is 0 Å². The van der Waals surface area contributed by atoms with Gasteiger partial charge in [0.05, 0.1) is 29.4 Å². The number of carbonyl (C=O) groups excluding carboxylic acids is 3. The lowest BCUT2D eigenvalue weighted by Gasteiger charge is -2.32. The molecule has 14 heteroatoms. The van der Waals surface area contributed by atoms with E-state index in [-0.39, 0.29) is 43.6 Å². The van der Waals surface area contributed by atoms with Crippen LogP contribution in [0.4, 0.5) is 19.3 Å². The minimum atomic E-state index is -1.17. The summed E-state index contributed by atoms with van der Waals surface area (Å²) in [5.74, 6) is -4.03. The number of anilines is 1. The molecule has 0 aliphatic carbocycles. The second-order valence-corrected chi connectivity index (χ2v) is 15.3. The van der Waals surface area contributed by atoms with Gasteiger partial charge < -0.3 is 34.6 Å². The van der Waals surface area contributed by atoms with Gasteiger partial charge in [0.1, 0.15) is 17.4 Å². The zero-order valence-corrected chi connectivity index (χ0v) is 31.5. The van der Waals surface area contributed by atoms with Crippen LogP contribution in [0.5, 0.6) is 5.75 Å². The number of nitrogens with one attached hydrogen (secondary N) is 2. The number of nitrogens with zero attached hydrogens (tertiary/aromatic N) is 2. The van der Waals surface area contributed by atoms with Crippen molar-refractivity contribution in [2.45, 2.75) is 64.3 Å². The van der Waals surface area contributed by atoms with E-state index in [2.05, 4.69) is 15.5 Å². The largest absolute Gasteiger partial charge is 0.495 e. The average Bonchev–Trinajstić information content (AvgIpc) is 3.43. The topological polar surface area (TPSA) is 109 Å². The van der Waals surface area contributed by atoms with E-state index in [4.69, 9.17) is 37.4 Å². The lowest BCUT2D eigenvalue weighted by Crippen LogP contribution is -2.48. The fourth-order valence-electron chi connectivity index (χ4n) is 6.89. The van der Waals surface area contributed by atoms with Crippen molar-refractivity contribution >= 4 is 46.9 Å². The molecule has 2 saturated heterocycles. The van der Waals surface area contributed by atoms with Gasteiger partial charge in [-0.3, -0.25) is 4.79 Å². The van der Waals surface area contributed by atoms with Crippen molar-refractivity contribution in [3.63, 3.8) is 0 Å². The van der Waals surface area contributed by atoms with Crippen LogP contribution in [-0.2, 0) is 14.3 Å². The summed E-state index contributed by atoms with van der Waals surface area (Å²) in [5, 5.41) is 6.34. The third-order valence-corrected chi connectivity index (χ3v) is 9.87. The Morgan fingerprint density at radius 2 is 1.67 bits per heavy atom. The smallest absolute Gasteiger partial charge is 0.412 e. The van der Waals surface area contributed by atoms with E-state index in [0.29, 0.717) is 32.6 Å². The molecule has 5 unspecified atom stereocenters. The predicted octanol–water partition coefficient (Wildman–Crippen LogP) is 7.45. The summed E-state index contributed by atoms with van der Waals surface area (Å²) in [6.07, 6.45) is -1.22. The van der Waals surface area contributed by atoms with Crippen molar-refractivity contribution < 1.29 is 37.4 Å². The first-order valence-electron chi connectivity index (χ1n) is 17.0. The number of hydrogen-bond acceptors (Lipinski definition) is 8. The SMILES string of the molecule is COc1cc(C(=O)OC(C)OC(=O)N2CCN(C)CC2)ccc1NC(=O)C1NC(CC(C)(C)C)C(c2ccc(Cl)cc2F)C1c1cccc(Cl)c1F. The number of ether oxygens (including phenoxy) is 3. The summed E-state index contributed by atoms with van der Waals surface area (Å²) in [6, 6.07) is 11.7. The van der Waals surface area contributed by atoms with E-state index >= 15 is 8.78 Å². The van der Waals surface area contributed by atoms with E-state index in [1.54, 1.807) is 29.2 Å². The van der Waals surface area contributed by atoms with Crippen LogP contribution in [0, 0.1) is 17.0 Å². The monoisotopic (exact) mass is 760 g/mol. The molecule has 0 saturated carbocycles. The summed E-state index contributed by atoms with van der Waals surface area (Å²) in [5.41, 5.74) is 0.492. The van der Waals surface area contributed by atoms with E-state index in [9.17, 15) is 14.4 Å². The van der Waals surface area contributed by atoms with Crippen LogP contribution in [0.25, 0.3) is 0 Å². The van der Waals surface area contributed by atoms with Crippen molar-refractivity contribution in [3.05, 3.63) is 93.0 Å². The lowest BCUT2D eigenvalue weighted by molar-refractivity contribution is -0.118. The van der Waals surface area contributed by atoms with E-state index < -0.39 is 59.8 Å². The molecule has 2 fully saturated rings. The first kappa shape index (κ1) is 39.2. The molecule has 2 amide bonds. The van der Waals surface area contributed by atoms with Crippen molar-refractivity contribution in [1.82, 2.24) is 15.1 Å². The molecule has 0 spiro atoms. The Kier molecular flexibility index (Phi) is 12.4. The minimum absolute atomic E-state index is 0.0822. The first-order valence-corrected chi connectivity index (χ1v) is 17.8. The molecule has 2 aliphatic rings. The normalized spacial score (nSPS) is 21.4. The Labute approximate surface area is 312 Å². The highest BCUT2D eigenvalue weighted by Crippen LogP contribution is 2.48. The molecule has 5 rings (SSSR count). The summed E-state index contributed by atoms with van der Waals surface area (Å²) < 4.78 is 47.7. The predicted molar refractivity (Wildman–Crippen MR) is 195 cm³/mol. The van der Waals surface area contributed by atoms with Crippen LogP contribution in [-0.4, -0.2) is 86.5 Å². The third-order valence-electron chi connectivity index (χ3n) is 9.35. The maximum atomic E-state index is 15.8. The molecule has 280 valence electrons. The second-order valence-electron chi connectivity index (χ2n) is 14.4. The van der Waals surface area contributed by atoms with Gasteiger partial charge in [-0.2, -0.15) is 0 Å². The van der Waals surface area contributed by atoms with Gasteiger partial charge in [0.2, 0.25) is 12.2 Å². The Balaban J connectivity index is 1.40. The van der Waals surface area contributed by atoms with Gasteiger partial charge >= 0.3 is 12.1 Å². The van der Waals surface area contributed by atoms with Gasteiger partial charge in [0, 0.05) is 56.0 Å². The van der Waals surface area contributed by atoms with Crippen LogP contribution in [0.3, 0.4) is 0 Å². The van der Waals surface area contributed by atoms with Gasteiger partial charge in [-0.15, -0.1) is 0 Å². The molecule has 10 nitrogen and oxygen atoms in total. The number of methoxy groups -OCH3 is 1. The molecule has 0 aromatic heterocycles. The number of benzene rings is 3. The fraction of sp³-hybridized carbons (Fsp3) is 0.447. The quantitative estimate of drug-likeness (QED) is 0.171.